The number of nitrogens with two attached hydrogens (primary N) is 1. The third kappa shape index (κ3) is 4.58. The molecule has 1 fully saturated rings. The van der Waals surface area contributed by atoms with Crippen LogP contribution < -0.4 is 20.7 Å². The van der Waals surface area contributed by atoms with Crippen molar-refractivity contribution >= 4 is 23.2 Å². The highest BCUT2D eigenvalue weighted by Crippen LogP contribution is 2.30. The van der Waals surface area contributed by atoms with E-state index in [2.05, 4.69) is 10.2 Å². The molecule has 142 valence electrons. The minimum Gasteiger partial charge on any atom is -0.496 e. The normalized spacial score (nSPS) is 13.9. The van der Waals surface area contributed by atoms with Gasteiger partial charge in [-0.25, -0.2) is 0 Å². The summed E-state index contributed by atoms with van der Waals surface area (Å²) < 4.78 is 5.32. The number of nitrogens with zero attached hydrogens (tertiary/aromatic N) is 1. The lowest BCUT2D eigenvalue weighted by molar-refractivity contribution is -0.115. The van der Waals surface area contributed by atoms with Crippen molar-refractivity contribution < 1.29 is 14.3 Å². The van der Waals surface area contributed by atoms with Gasteiger partial charge < -0.3 is 20.7 Å². The van der Waals surface area contributed by atoms with Crippen molar-refractivity contribution in [2.45, 2.75) is 25.7 Å². The Morgan fingerprint density at radius 2 is 1.85 bits per heavy atom. The number of carbonyl (C=O) groups is 2. The Hall–Kier alpha value is -3.02. The Kier molecular flexibility index (Phi) is 5.96. The Morgan fingerprint density at radius 1 is 1.11 bits per heavy atom. The van der Waals surface area contributed by atoms with Gasteiger partial charge in [0.05, 0.1) is 24.9 Å². The highest BCUT2D eigenvalue weighted by molar-refractivity contribution is 6.00. The molecular weight excluding hydrogens is 342 g/mol. The van der Waals surface area contributed by atoms with Crippen LogP contribution in [0.3, 0.4) is 0 Å². The topological polar surface area (TPSA) is 84.7 Å². The van der Waals surface area contributed by atoms with E-state index in [1.165, 1.54) is 6.42 Å². The molecule has 0 atom stereocenters. The summed E-state index contributed by atoms with van der Waals surface area (Å²) in [6.45, 7) is 1.87. The first-order valence-electron chi connectivity index (χ1n) is 9.19. The summed E-state index contributed by atoms with van der Waals surface area (Å²) in [5, 5.41) is 2.96. The SMILES string of the molecule is COc1ccccc1CC(=O)Nc1cc(C(N)=O)ccc1N1CCCCC1. The maximum atomic E-state index is 12.7. The summed E-state index contributed by atoms with van der Waals surface area (Å²) in [5.74, 6) is -0.00501. The Bertz CT molecular complexity index is 829. The molecular formula is C21H25N3O3. The van der Waals surface area contributed by atoms with E-state index in [1.54, 1.807) is 19.2 Å². The number of anilines is 2. The largest absolute Gasteiger partial charge is 0.496 e. The number of rotatable bonds is 6. The molecule has 0 spiro atoms. The maximum Gasteiger partial charge on any atom is 0.248 e. The average Bonchev–Trinajstić information content (AvgIpc) is 2.69. The summed E-state index contributed by atoms with van der Waals surface area (Å²) >= 11 is 0. The van der Waals surface area contributed by atoms with E-state index in [1.807, 2.05) is 30.3 Å². The maximum absolute atomic E-state index is 12.7. The number of amides is 2. The number of carbonyl (C=O) groups excluding carboxylic acids is 2. The summed E-state index contributed by atoms with van der Waals surface area (Å²) in [7, 11) is 1.58. The van der Waals surface area contributed by atoms with Crippen LogP contribution >= 0.6 is 0 Å². The van der Waals surface area contributed by atoms with Crippen LogP contribution in [0, 0.1) is 0 Å². The van der Waals surface area contributed by atoms with Crippen LogP contribution in [-0.2, 0) is 11.2 Å². The van der Waals surface area contributed by atoms with Crippen LogP contribution in [0.1, 0.15) is 35.2 Å². The van der Waals surface area contributed by atoms with Gasteiger partial charge in [0, 0.05) is 24.2 Å². The monoisotopic (exact) mass is 367 g/mol. The molecule has 6 heteroatoms. The predicted octanol–water partition coefficient (Wildman–Crippen LogP) is 2.97. The van der Waals surface area contributed by atoms with Crippen molar-refractivity contribution in [3.63, 3.8) is 0 Å². The second-order valence-electron chi connectivity index (χ2n) is 6.68. The Morgan fingerprint density at radius 3 is 2.56 bits per heavy atom. The third-order valence-electron chi connectivity index (χ3n) is 4.80. The molecule has 1 saturated heterocycles. The quantitative estimate of drug-likeness (QED) is 0.822. The Labute approximate surface area is 159 Å². The van der Waals surface area contributed by atoms with Gasteiger partial charge in [-0.2, -0.15) is 0 Å². The fourth-order valence-electron chi connectivity index (χ4n) is 3.42. The number of benzene rings is 2. The number of ether oxygens (including phenoxy) is 1. The molecule has 6 nitrogen and oxygen atoms in total. The van der Waals surface area contributed by atoms with Crippen molar-refractivity contribution in [1.29, 1.82) is 0 Å². The van der Waals surface area contributed by atoms with Crippen LogP contribution in [0.2, 0.25) is 0 Å². The molecule has 0 saturated carbocycles. The first-order valence-corrected chi connectivity index (χ1v) is 9.19. The van der Waals surface area contributed by atoms with Crippen LogP contribution in [0.5, 0.6) is 5.75 Å². The molecule has 27 heavy (non-hydrogen) atoms. The molecule has 0 radical (unpaired) electrons. The summed E-state index contributed by atoms with van der Waals surface area (Å²) in [6, 6.07) is 12.7. The smallest absolute Gasteiger partial charge is 0.248 e. The number of piperidine rings is 1. The highest BCUT2D eigenvalue weighted by atomic mass is 16.5. The van der Waals surface area contributed by atoms with Gasteiger partial charge in [-0.1, -0.05) is 18.2 Å². The van der Waals surface area contributed by atoms with E-state index >= 15 is 0 Å². The summed E-state index contributed by atoms with van der Waals surface area (Å²) in [4.78, 5) is 26.5. The molecule has 0 unspecified atom stereocenters. The third-order valence-corrected chi connectivity index (χ3v) is 4.80. The van der Waals surface area contributed by atoms with Gasteiger partial charge in [0.25, 0.3) is 0 Å². The summed E-state index contributed by atoms with van der Waals surface area (Å²) in [5.41, 5.74) is 8.15. The van der Waals surface area contributed by atoms with Crippen LogP contribution in [0.4, 0.5) is 11.4 Å². The minimum atomic E-state index is -0.513. The lowest BCUT2D eigenvalue weighted by atomic mass is 10.1. The van der Waals surface area contributed by atoms with Gasteiger partial charge in [0.15, 0.2) is 0 Å². The number of methoxy groups -OCH3 is 1. The van der Waals surface area contributed by atoms with Gasteiger partial charge >= 0.3 is 0 Å². The fourth-order valence-corrected chi connectivity index (χ4v) is 3.42. The molecule has 3 N–H and O–H groups in total. The molecule has 2 aromatic carbocycles. The van der Waals surface area contributed by atoms with Gasteiger partial charge in [0.2, 0.25) is 11.8 Å². The van der Waals surface area contributed by atoms with Gasteiger partial charge in [0.1, 0.15) is 5.75 Å². The van der Waals surface area contributed by atoms with Crippen molar-refractivity contribution in [2.24, 2.45) is 5.73 Å². The molecule has 1 aliphatic rings. The second-order valence-corrected chi connectivity index (χ2v) is 6.68. The molecule has 1 aliphatic heterocycles. The molecule has 1 heterocycles. The van der Waals surface area contributed by atoms with Gasteiger partial charge in [-0.05, 0) is 43.5 Å². The van der Waals surface area contributed by atoms with E-state index in [-0.39, 0.29) is 12.3 Å². The average molecular weight is 367 g/mol. The molecule has 2 aromatic rings. The van der Waals surface area contributed by atoms with E-state index in [4.69, 9.17) is 10.5 Å². The molecule has 0 aromatic heterocycles. The molecule has 3 rings (SSSR count). The fraction of sp³-hybridized carbons (Fsp3) is 0.333. The Balaban J connectivity index is 1.83. The number of hydrogen-bond acceptors (Lipinski definition) is 4. The van der Waals surface area contributed by atoms with Crippen molar-refractivity contribution in [1.82, 2.24) is 0 Å². The molecule has 0 aliphatic carbocycles. The van der Waals surface area contributed by atoms with E-state index < -0.39 is 5.91 Å². The number of nitrogens with one attached hydrogen (secondary N) is 1. The van der Waals surface area contributed by atoms with Crippen LogP contribution in [0.25, 0.3) is 0 Å². The van der Waals surface area contributed by atoms with Crippen molar-refractivity contribution in [2.75, 3.05) is 30.4 Å². The minimum absolute atomic E-state index is 0.167. The number of primary amides is 1. The van der Waals surface area contributed by atoms with E-state index in [0.717, 1.165) is 37.2 Å². The van der Waals surface area contributed by atoms with Gasteiger partial charge in [-0.3, -0.25) is 9.59 Å². The standard InChI is InChI=1S/C21H25N3O3/c1-27-19-8-4-3-7-15(19)14-20(25)23-17-13-16(21(22)26)9-10-18(17)24-11-5-2-6-12-24/h3-4,7-10,13H,2,5-6,11-12,14H2,1H3,(H2,22,26)(H,23,25). The van der Waals surface area contributed by atoms with Crippen LogP contribution in [0.15, 0.2) is 42.5 Å². The van der Waals surface area contributed by atoms with Gasteiger partial charge in [-0.15, -0.1) is 0 Å². The summed E-state index contributed by atoms with van der Waals surface area (Å²) in [6.07, 6.45) is 3.63. The van der Waals surface area contributed by atoms with Crippen LogP contribution in [-0.4, -0.2) is 32.0 Å². The predicted molar refractivity (Wildman–Crippen MR) is 106 cm³/mol. The lowest BCUT2D eigenvalue weighted by Gasteiger charge is -2.30. The van der Waals surface area contributed by atoms with E-state index in [9.17, 15) is 9.59 Å². The molecule has 0 bridgehead atoms. The lowest BCUT2D eigenvalue weighted by Crippen LogP contribution is -2.30. The number of hydrogen-bond donors (Lipinski definition) is 2. The number of para-hydroxylation sites is 1. The van der Waals surface area contributed by atoms with Crippen molar-refractivity contribution in [3.8, 4) is 5.75 Å². The zero-order chi connectivity index (χ0) is 19.2. The zero-order valence-electron chi connectivity index (χ0n) is 15.5. The first-order chi connectivity index (χ1) is 13.1. The van der Waals surface area contributed by atoms with Crippen molar-refractivity contribution in [3.05, 3.63) is 53.6 Å². The highest BCUT2D eigenvalue weighted by Gasteiger charge is 2.18. The first kappa shape index (κ1) is 18.8. The second kappa shape index (κ2) is 8.58. The van der Waals surface area contributed by atoms with E-state index in [0.29, 0.717) is 17.0 Å². The molecule has 2 amide bonds. The zero-order valence-corrected chi connectivity index (χ0v) is 15.5.